The minimum absolute atomic E-state index is 0.151. The molecular weight excluding hydrogens is 491 g/mol. The van der Waals surface area contributed by atoms with Gasteiger partial charge >= 0.3 is 12.1 Å². The lowest BCUT2D eigenvalue weighted by Gasteiger charge is -2.41. The SMILES string of the molecule is NCc1ccc(Cl)cc1CNC(=O)[C@@H]1CCN1C(=O)C1OCc2ccccc21.O=C(O)C(F)(F)F. The van der Waals surface area contributed by atoms with Crippen LogP contribution in [0.25, 0.3) is 0 Å². The lowest BCUT2D eigenvalue weighted by molar-refractivity contribution is -0.192. The Bertz CT molecular complexity index is 1110. The number of likely N-dealkylation sites (tertiary alicyclic amines) is 1. The highest BCUT2D eigenvalue weighted by Gasteiger charge is 2.42. The summed E-state index contributed by atoms with van der Waals surface area (Å²) >= 11 is 6.05. The first-order valence-corrected chi connectivity index (χ1v) is 11.0. The predicted molar refractivity (Wildman–Crippen MR) is 119 cm³/mol. The van der Waals surface area contributed by atoms with E-state index in [9.17, 15) is 22.8 Å². The van der Waals surface area contributed by atoms with Crippen molar-refractivity contribution < 1.29 is 37.4 Å². The summed E-state index contributed by atoms with van der Waals surface area (Å²) in [5.74, 6) is -3.08. The molecule has 8 nitrogen and oxygen atoms in total. The van der Waals surface area contributed by atoms with Crippen LogP contribution in [0.1, 0.15) is 34.8 Å². The first-order chi connectivity index (χ1) is 16.5. The summed E-state index contributed by atoms with van der Waals surface area (Å²) in [4.78, 5) is 36.1. The number of hydrogen-bond donors (Lipinski definition) is 3. The van der Waals surface area contributed by atoms with E-state index in [4.69, 9.17) is 32.0 Å². The Morgan fingerprint density at radius 2 is 1.86 bits per heavy atom. The van der Waals surface area contributed by atoms with Crippen LogP contribution in [0.15, 0.2) is 42.5 Å². The first-order valence-electron chi connectivity index (χ1n) is 10.6. The number of aliphatic carboxylic acids is 1. The molecule has 1 unspecified atom stereocenters. The fourth-order valence-electron chi connectivity index (χ4n) is 3.72. The van der Waals surface area contributed by atoms with Gasteiger partial charge in [-0.1, -0.05) is 41.9 Å². The third kappa shape index (κ3) is 6.30. The normalized spacial score (nSPS) is 18.6. The number of amides is 2. The molecule has 0 bridgehead atoms. The molecule has 4 N–H and O–H groups in total. The average Bonchev–Trinajstić information content (AvgIpc) is 3.21. The maximum Gasteiger partial charge on any atom is 0.490 e. The number of nitrogens with zero attached hydrogens (tertiary/aromatic N) is 1. The molecule has 1 fully saturated rings. The van der Waals surface area contributed by atoms with Crippen LogP contribution in [0, 0.1) is 0 Å². The van der Waals surface area contributed by atoms with Crippen molar-refractivity contribution in [3.63, 3.8) is 0 Å². The van der Waals surface area contributed by atoms with E-state index in [0.717, 1.165) is 22.3 Å². The number of carbonyl (C=O) groups is 3. The zero-order valence-electron chi connectivity index (χ0n) is 18.3. The molecule has 0 radical (unpaired) electrons. The smallest absolute Gasteiger partial charge is 0.475 e. The second-order valence-corrected chi connectivity index (χ2v) is 8.30. The quantitative estimate of drug-likeness (QED) is 0.565. The molecule has 2 heterocycles. The molecule has 0 aromatic heterocycles. The lowest BCUT2D eigenvalue weighted by atomic mass is 9.98. The highest BCUT2D eigenvalue weighted by atomic mass is 35.5. The molecule has 2 atom stereocenters. The minimum Gasteiger partial charge on any atom is -0.475 e. The molecule has 2 aromatic carbocycles. The van der Waals surface area contributed by atoms with Crippen LogP contribution in [0.3, 0.4) is 0 Å². The Labute approximate surface area is 203 Å². The molecule has 2 aliphatic heterocycles. The van der Waals surface area contributed by atoms with Crippen molar-refractivity contribution in [2.75, 3.05) is 6.54 Å². The van der Waals surface area contributed by atoms with E-state index in [1.54, 1.807) is 17.0 Å². The molecular formula is C23H23ClF3N3O5. The van der Waals surface area contributed by atoms with Gasteiger partial charge in [0.2, 0.25) is 5.91 Å². The van der Waals surface area contributed by atoms with E-state index in [1.165, 1.54) is 0 Å². The van der Waals surface area contributed by atoms with E-state index >= 15 is 0 Å². The number of fused-ring (bicyclic) bond motifs is 1. The van der Waals surface area contributed by atoms with Crippen molar-refractivity contribution in [2.24, 2.45) is 5.73 Å². The van der Waals surface area contributed by atoms with Crippen molar-refractivity contribution >= 4 is 29.4 Å². The zero-order chi connectivity index (χ0) is 25.8. The van der Waals surface area contributed by atoms with Crippen LogP contribution in [-0.2, 0) is 38.8 Å². The van der Waals surface area contributed by atoms with Gasteiger partial charge in [0.1, 0.15) is 6.04 Å². The molecule has 12 heteroatoms. The molecule has 0 saturated carbocycles. The summed E-state index contributed by atoms with van der Waals surface area (Å²) in [6.45, 7) is 1.68. The topological polar surface area (TPSA) is 122 Å². The highest BCUT2D eigenvalue weighted by molar-refractivity contribution is 6.30. The summed E-state index contributed by atoms with van der Waals surface area (Å²) in [5, 5.41) is 10.6. The van der Waals surface area contributed by atoms with Crippen LogP contribution in [0.4, 0.5) is 13.2 Å². The highest BCUT2D eigenvalue weighted by Crippen LogP contribution is 2.34. The number of carboxylic acids is 1. The van der Waals surface area contributed by atoms with Gasteiger partial charge in [0, 0.05) is 24.7 Å². The van der Waals surface area contributed by atoms with Crippen LogP contribution in [0.2, 0.25) is 5.02 Å². The van der Waals surface area contributed by atoms with Gasteiger partial charge < -0.3 is 25.8 Å². The minimum atomic E-state index is -5.08. The number of ether oxygens (including phenoxy) is 1. The molecule has 188 valence electrons. The Kier molecular flexibility index (Phi) is 8.36. The van der Waals surface area contributed by atoms with E-state index in [0.29, 0.717) is 37.7 Å². The standard InChI is InChI=1S/C21H22ClN3O3.C2HF3O2/c22-16-6-5-13(10-23)15(9-16)11-24-20(26)18-7-8-25(18)21(27)19-17-4-2-1-3-14(17)12-28-19;3-2(4,5)1(6)7/h1-6,9,18-19H,7-8,10-12,23H2,(H,24,26);(H,6,7)/t18-,19?;/m0./s1. The molecule has 0 aliphatic carbocycles. The van der Waals surface area contributed by atoms with Crippen molar-refractivity contribution in [2.45, 2.75) is 44.4 Å². The number of nitrogens with two attached hydrogens (primary N) is 1. The number of benzene rings is 2. The average molecular weight is 514 g/mol. The number of hydrogen-bond acceptors (Lipinski definition) is 5. The molecule has 2 aromatic rings. The van der Waals surface area contributed by atoms with Gasteiger partial charge in [-0.25, -0.2) is 4.79 Å². The van der Waals surface area contributed by atoms with Crippen LogP contribution < -0.4 is 11.1 Å². The second-order valence-electron chi connectivity index (χ2n) is 7.86. The summed E-state index contributed by atoms with van der Waals surface area (Å²) in [5.41, 5.74) is 9.49. The fourth-order valence-corrected chi connectivity index (χ4v) is 3.92. The number of rotatable bonds is 5. The third-order valence-corrected chi connectivity index (χ3v) is 5.89. The molecule has 4 rings (SSSR count). The van der Waals surface area contributed by atoms with Gasteiger partial charge in [-0.05, 0) is 40.8 Å². The predicted octanol–water partition coefficient (Wildman–Crippen LogP) is 2.92. The fraction of sp³-hybridized carbons (Fsp3) is 0.348. The van der Waals surface area contributed by atoms with Crippen LogP contribution >= 0.6 is 11.6 Å². The first kappa shape index (κ1) is 26.5. The van der Waals surface area contributed by atoms with Crippen LogP contribution in [-0.4, -0.2) is 46.6 Å². The molecule has 2 aliphatic rings. The second kappa shape index (κ2) is 11.1. The van der Waals surface area contributed by atoms with E-state index in [2.05, 4.69) is 5.32 Å². The largest absolute Gasteiger partial charge is 0.490 e. The summed E-state index contributed by atoms with van der Waals surface area (Å²) < 4.78 is 37.4. The number of carboxylic acid groups (broad SMARTS) is 1. The van der Waals surface area contributed by atoms with Crippen molar-refractivity contribution in [1.29, 1.82) is 0 Å². The van der Waals surface area contributed by atoms with Crippen LogP contribution in [0.5, 0.6) is 0 Å². The molecule has 0 spiro atoms. The maximum atomic E-state index is 12.9. The number of nitrogens with one attached hydrogen (secondary N) is 1. The van der Waals surface area contributed by atoms with Gasteiger partial charge in [-0.3, -0.25) is 9.59 Å². The van der Waals surface area contributed by atoms with E-state index in [-0.39, 0.29) is 11.8 Å². The molecule has 35 heavy (non-hydrogen) atoms. The molecule has 2 amide bonds. The van der Waals surface area contributed by atoms with E-state index < -0.39 is 24.3 Å². The Hall–Kier alpha value is -3.15. The number of alkyl halides is 3. The monoisotopic (exact) mass is 513 g/mol. The van der Waals surface area contributed by atoms with Gasteiger partial charge in [-0.2, -0.15) is 13.2 Å². The van der Waals surface area contributed by atoms with Gasteiger partial charge in [0.15, 0.2) is 6.10 Å². The third-order valence-electron chi connectivity index (χ3n) is 5.66. The number of halogens is 4. The summed E-state index contributed by atoms with van der Waals surface area (Å²) in [6, 6.07) is 12.7. The lowest BCUT2D eigenvalue weighted by Crippen LogP contribution is -2.59. The van der Waals surface area contributed by atoms with Gasteiger partial charge in [0.25, 0.3) is 5.91 Å². The van der Waals surface area contributed by atoms with Crippen molar-refractivity contribution in [1.82, 2.24) is 10.2 Å². The summed E-state index contributed by atoms with van der Waals surface area (Å²) in [7, 11) is 0. The van der Waals surface area contributed by atoms with Gasteiger partial charge in [0.05, 0.1) is 6.61 Å². The summed E-state index contributed by atoms with van der Waals surface area (Å²) in [6.07, 6.45) is -5.06. The van der Waals surface area contributed by atoms with Crippen molar-refractivity contribution in [3.8, 4) is 0 Å². The number of carbonyl (C=O) groups excluding carboxylic acids is 2. The van der Waals surface area contributed by atoms with Gasteiger partial charge in [-0.15, -0.1) is 0 Å². The Balaban J connectivity index is 0.000000429. The zero-order valence-corrected chi connectivity index (χ0v) is 19.1. The molecule has 1 saturated heterocycles. The van der Waals surface area contributed by atoms with Crippen molar-refractivity contribution in [3.05, 3.63) is 69.7 Å². The Morgan fingerprint density at radius 1 is 1.17 bits per heavy atom. The maximum absolute atomic E-state index is 12.9. The Morgan fingerprint density at radius 3 is 2.46 bits per heavy atom. The van der Waals surface area contributed by atoms with E-state index in [1.807, 2.05) is 30.3 Å².